The predicted molar refractivity (Wildman–Crippen MR) is 94.2 cm³/mol. The molecule has 1 N–H and O–H groups in total. The molecule has 0 radical (unpaired) electrons. The topological polar surface area (TPSA) is 77.2 Å². The number of ether oxygens (including phenoxy) is 1. The highest BCUT2D eigenvalue weighted by Crippen LogP contribution is 2.27. The molecule has 26 heavy (non-hydrogen) atoms. The van der Waals surface area contributed by atoms with Gasteiger partial charge < -0.3 is 9.84 Å². The minimum absolute atomic E-state index is 0.0205. The normalized spacial score (nSPS) is 21.2. The van der Waals surface area contributed by atoms with Crippen LogP contribution in [0, 0.1) is 5.82 Å². The van der Waals surface area contributed by atoms with Gasteiger partial charge in [0.15, 0.2) is 0 Å². The molecule has 2 atom stereocenters. The van der Waals surface area contributed by atoms with Crippen LogP contribution in [-0.2, 0) is 14.9 Å². The molecule has 1 aromatic carbocycles. The van der Waals surface area contributed by atoms with Crippen molar-refractivity contribution >= 4 is 12.0 Å². The van der Waals surface area contributed by atoms with Crippen LogP contribution in [0.4, 0.5) is 4.39 Å². The van der Waals surface area contributed by atoms with Gasteiger partial charge in [-0.15, -0.1) is 5.10 Å². The van der Waals surface area contributed by atoms with Crippen LogP contribution in [0.3, 0.4) is 0 Å². The molecule has 2 aromatic rings. The maximum absolute atomic E-state index is 13.2. The van der Waals surface area contributed by atoms with Gasteiger partial charge in [0.05, 0.1) is 29.6 Å². The molecular formula is C19H22FN3O3. The van der Waals surface area contributed by atoms with Gasteiger partial charge in [-0.25, -0.2) is 9.07 Å². The Kier molecular flexibility index (Phi) is 4.91. The number of hydrogen-bond donors (Lipinski definition) is 1. The molecule has 2 unspecified atom stereocenters. The Bertz CT molecular complexity index is 822. The zero-order chi connectivity index (χ0) is 18.9. The van der Waals surface area contributed by atoms with Gasteiger partial charge in [0, 0.05) is 11.8 Å². The van der Waals surface area contributed by atoms with E-state index in [9.17, 15) is 14.3 Å². The first-order chi connectivity index (χ1) is 12.2. The predicted octanol–water partition coefficient (Wildman–Crippen LogP) is 2.78. The lowest BCUT2D eigenvalue weighted by atomic mass is 9.90. The van der Waals surface area contributed by atoms with Gasteiger partial charge in [0.1, 0.15) is 11.9 Å². The Hall–Kier alpha value is -2.54. The number of aliphatic hydroxyl groups excluding tert-OH is 1. The molecule has 0 aliphatic carbocycles. The molecule has 1 fully saturated rings. The molecule has 0 saturated carbocycles. The molecule has 7 heteroatoms. The minimum Gasteiger partial charge on any atom is -0.458 e. The maximum atomic E-state index is 13.2. The molecule has 138 valence electrons. The first-order valence-corrected chi connectivity index (χ1v) is 8.52. The largest absolute Gasteiger partial charge is 0.458 e. The van der Waals surface area contributed by atoms with Crippen LogP contribution in [0.15, 0.2) is 30.3 Å². The molecule has 1 aliphatic rings. The van der Waals surface area contributed by atoms with E-state index in [0.717, 1.165) is 11.4 Å². The lowest BCUT2D eigenvalue weighted by Crippen LogP contribution is -2.31. The summed E-state index contributed by atoms with van der Waals surface area (Å²) in [6.45, 7) is 6.06. The van der Waals surface area contributed by atoms with Gasteiger partial charge in [-0.1, -0.05) is 26.0 Å². The van der Waals surface area contributed by atoms with E-state index in [2.05, 4.69) is 10.3 Å². The van der Waals surface area contributed by atoms with E-state index in [1.54, 1.807) is 29.0 Å². The van der Waals surface area contributed by atoms with E-state index in [0.29, 0.717) is 12.1 Å². The fraction of sp³-hybridized carbons (Fsp3) is 0.421. The van der Waals surface area contributed by atoms with Crippen molar-refractivity contribution < 1.29 is 19.0 Å². The summed E-state index contributed by atoms with van der Waals surface area (Å²) >= 11 is 0. The number of aromatic nitrogens is 3. The lowest BCUT2D eigenvalue weighted by Gasteiger charge is -2.23. The second-order valence-corrected chi connectivity index (χ2v) is 7.44. The molecule has 1 aliphatic heterocycles. The van der Waals surface area contributed by atoms with Crippen LogP contribution in [0.5, 0.6) is 0 Å². The summed E-state index contributed by atoms with van der Waals surface area (Å²) in [5, 5.41) is 18.3. The Morgan fingerprint density at radius 2 is 2.00 bits per heavy atom. The minimum atomic E-state index is -0.701. The second kappa shape index (κ2) is 6.99. The number of cyclic esters (lactones) is 1. The molecule has 2 heterocycles. The summed E-state index contributed by atoms with van der Waals surface area (Å²) in [4.78, 5) is 11.5. The Morgan fingerprint density at radius 1 is 1.31 bits per heavy atom. The molecule has 0 spiro atoms. The highest BCUT2D eigenvalue weighted by atomic mass is 19.1. The monoisotopic (exact) mass is 359 g/mol. The molecule has 1 aromatic heterocycles. The Balaban J connectivity index is 1.98. The summed E-state index contributed by atoms with van der Waals surface area (Å²) in [7, 11) is 0. The fourth-order valence-corrected chi connectivity index (χ4v) is 2.87. The number of aliphatic hydroxyl groups is 1. The number of carbonyl (C=O) groups excluding carboxylic acids is 1. The van der Waals surface area contributed by atoms with E-state index in [1.807, 2.05) is 20.8 Å². The van der Waals surface area contributed by atoms with Crippen LogP contribution in [0.25, 0.3) is 11.8 Å². The molecule has 0 amide bonds. The number of carbonyl (C=O) groups is 1. The van der Waals surface area contributed by atoms with Crippen molar-refractivity contribution in [3.05, 3.63) is 47.5 Å². The lowest BCUT2D eigenvalue weighted by molar-refractivity contribution is -0.156. The second-order valence-electron chi connectivity index (χ2n) is 7.44. The van der Waals surface area contributed by atoms with E-state index in [1.165, 1.54) is 12.1 Å². The summed E-state index contributed by atoms with van der Waals surface area (Å²) in [6, 6.07) is 5.97. The molecule has 3 rings (SSSR count). The fourth-order valence-electron chi connectivity index (χ4n) is 2.87. The molecule has 6 nitrogen and oxygen atoms in total. The summed E-state index contributed by atoms with van der Waals surface area (Å²) in [6.07, 6.45) is 2.69. The standard InChI is InChI=1S/C19H22FN3O3/c1-19(2,3)18-16(9-8-15-10-14(24)11-17(25)26-15)23(22-21-18)13-6-4-12(20)5-7-13/h4-9,14-15,24H,10-11H2,1-3H3. The van der Waals surface area contributed by atoms with Crippen molar-refractivity contribution in [2.24, 2.45) is 0 Å². The quantitative estimate of drug-likeness (QED) is 0.853. The van der Waals surface area contributed by atoms with Crippen molar-refractivity contribution in [1.82, 2.24) is 15.0 Å². The third-order valence-electron chi connectivity index (χ3n) is 4.14. The average molecular weight is 359 g/mol. The van der Waals surface area contributed by atoms with E-state index in [-0.39, 0.29) is 17.7 Å². The van der Waals surface area contributed by atoms with Crippen molar-refractivity contribution in [2.45, 2.75) is 51.2 Å². The highest BCUT2D eigenvalue weighted by molar-refractivity contribution is 5.71. The molecule has 0 bridgehead atoms. The van der Waals surface area contributed by atoms with Gasteiger partial charge in [0.2, 0.25) is 0 Å². The van der Waals surface area contributed by atoms with Crippen LogP contribution >= 0.6 is 0 Å². The van der Waals surface area contributed by atoms with Crippen LogP contribution in [-0.4, -0.2) is 38.3 Å². The third kappa shape index (κ3) is 3.99. The van der Waals surface area contributed by atoms with Gasteiger partial charge in [-0.2, -0.15) is 0 Å². The van der Waals surface area contributed by atoms with Gasteiger partial charge in [-0.3, -0.25) is 4.79 Å². The van der Waals surface area contributed by atoms with Gasteiger partial charge in [0.25, 0.3) is 0 Å². The van der Waals surface area contributed by atoms with Crippen LogP contribution in [0.1, 0.15) is 45.0 Å². The molecular weight excluding hydrogens is 337 g/mol. The van der Waals surface area contributed by atoms with Gasteiger partial charge in [-0.05, 0) is 36.4 Å². The summed E-state index contributed by atoms with van der Waals surface area (Å²) in [5.74, 6) is -0.746. The Labute approximate surface area is 151 Å². The smallest absolute Gasteiger partial charge is 0.309 e. The number of rotatable bonds is 3. The zero-order valence-electron chi connectivity index (χ0n) is 15.0. The maximum Gasteiger partial charge on any atom is 0.309 e. The SMILES string of the molecule is CC(C)(C)c1nnn(-c2ccc(F)cc2)c1C=CC1CC(O)CC(=O)O1. The van der Waals surface area contributed by atoms with Crippen molar-refractivity contribution in [3.63, 3.8) is 0 Å². The van der Waals surface area contributed by atoms with Gasteiger partial charge >= 0.3 is 5.97 Å². The van der Waals surface area contributed by atoms with Crippen LogP contribution < -0.4 is 0 Å². The number of esters is 1. The van der Waals surface area contributed by atoms with E-state index >= 15 is 0 Å². The third-order valence-corrected chi connectivity index (χ3v) is 4.14. The zero-order valence-corrected chi connectivity index (χ0v) is 15.0. The number of benzene rings is 1. The highest BCUT2D eigenvalue weighted by Gasteiger charge is 2.27. The summed E-state index contributed by atoms with van der Waals surface area (Å²) in [5.41, 5.74) is 1.90. The number of nitrogens with zero attached hydrogens (tertiary/aromatic N) is 3. The first-order valence-electron chi connectivity index (χ1n) is 8.52. The first kappa shape index (κ1) is 18.3. The molecule has 1 saturated heterocycles. The van der Waals surface area contributed by atoms with E-state index in [4.69, 9.17) is 4.74 Å². The summed E-state index contributed by atoms with van der Waals surface area (Å²) < 4.78 is 20.1. The van der Waals surface area contributed by atoms with Crippen molar-refractivity contribution in [3.8, 4) is 5.69 Å². The van der Waals surface area contributed by atoms with Crippen molar-refractivity contribution in [1.29, 1.82) is 0 Å². The Morgan fingerprint density at radius 3 is 2.62 bits per heavy atom. The van der Waals surface area contributed by atoms with E-state index < -0.39 is 18.2 Å². The number of hydrogen-bond acceptors (Lipinski definition) is 5. The van der Waals surface area contributed by atoms with Crippen molar-refractivity contribution in [2.75, 3.05) is 0 Å². The van der Waals surface area contributed by atoms with Crippen LogP contribution in [0.2, 0.25) is 0 Å². The average Bonchev–Trinajstić information content (AvgIpc) is 2.97. The number of halogens is 1.